The lowest BCUT2D eigenvalue weighted by Crippen LogP contribution is -2.13. The molecule has 0 aliphatic heterocycles. The Bertz CT molecular complexity index is 874. The Morgan fingerprint density at radius 3 is 2.46 bits per heavy atom. The molecule has 26 heavy (non-hydrogen) atoms. The van der Waals surface area contributed by atoms with Crippen molar-refractivity contribution >= 4 is 17.6 Å². The number of hydrogen-bond donors (Lipinski definition) is 1. The SMILES string of the molecule is Cc1cccc(C(=O)Nc2ccc(OC(=O)c3ccnc(C)n3)cc2)c1. The molecule has 3 aromatic rings. The van der Waals surface area contributed by atoms with Crippen LogP contribution in [0.2, 0.25) is 0 Å². The van der Waals surface area contributed by atoms with Crippen LogP contribution in [-0.2, 0) is 0 Å². The van der Waals surface area contributed by atoms with Crippen molar-refractivity contribution in [1.29, 1.82) is 0 Å². The lowest BCUT2D eigenvalue weighted by Gasteiger charge is -2.08. The molecule has 0 aliphatic rings. The number of benzene rings is 2. The summed E-state index contributed by atoms with van der Waals surface area (Å²) in [5.74, 6) is 0.0930. The first-order chi connectivity index (χ1) is 12.5. The van der Waals surface area contributed by atoms with Crippen molar-refractivity contribution in [2.75, 3.05) is 5.32 Å². The van der Waals surface area contributed by atoms with Gasteiger partial charge < -0.3 is 10.1 Å². The van der Waals surface area contributed by atoms with E-state index in [4.69, 9.17) is 4.74 Å². The van der Waals surface area contributed by atoms with Gasteiger partial charge in [-0.3, -0.25) is 4.79 Å². The molecule has 0 radical (unpaired) electrons. The summed E-state index contributed by atoms with van der Waals surface area (Å²) >= 11 is 0. The smallest absolute Gasteiger partial charge is 0.362 e. The maximum Gasteiger partial charge on any atom is 0.362 e. The molecule has 130 valence electrons. The van der Waals surface area contributed by atoms with E-state index in [1.807, 2.05) is 25.1 Å². The lowest BCUT2D eigenvalue weighted by molar-refractivity contribution is 0.0727. The minimum Gasteiger partial charge on any atom is -0.422 e. The molecule has 1 heterocycles. The fourth-order valence-electron chi connectivity index (χ4n) is 2.33. The topological polar surface area (TPSA) is 81.2 Å². The zero-order chi connectivity index (χ0) is 18.5. The van der Waals surface area contributed by atoms with Crippen LogP contribution in [0, 0.1) is 13.8 Å². The molecule has 1 N–H and O–H groups in total. The van der Waals surface area contributed by atoms with E-state index < -0.39 is 5.97 Å². The number of anilines is 1. The average molecular weight is 347 g/mol. The molecule has 6 nitrogen and oxygen atoms in total. The van der Waals surface area contributed by atoms with Crippen molar-refractivity contribution in [3.63, 3.8) is 0 Å². The largest absolute Gasteiger partial charge is 0.422 e. The molecule has 1 amide bonds. The summed E-state index contributed by atoms with van der Waals surface area (Å²) in [6, 6.07) is 15.4. The Morgan fingerprint density at radius 1 is 1.00 bits per heavy atom. The van der Waals surface area contributed by atoms with Gasteiger partial charge >= 0.3 is 5.97 Å². The molecular weight excluding hydrogens is 330 g/mol. The monoisotopic (exact) mass is 347 g/mol. The zero-order valence-corrected chi connectivity index (χ0v) is 14.4. The van der Waals surface area contributed by atoms with E-state index in [0.717, 1.165) is 5.56 Å². The number of carbonyl (C=O) groups excluding carboxylic acids is 2. The number of ether oxygens (including phenoxy) is 1. The maximum atomic E-state index is 12.2. The molecule has 0 spiro atoms. The predicted octanol–water partition coefficient (Wildman–Crippen LogP) is 3.56. The van der Waals surface area contributed by atoms with Crippen molar-refractivity contribution in [2.45, 2.75) is 13.8 Å². The Kier molecular flexibility index (Phi) is 5.03. The first-order valence-corrected chi connectivity index (χ1v) is 8.01. The molecule has 0 saturated heterocycles. The summed E-state index contributed by atoms with van der Waals surface area (Å²) in [6.45, 7) is 3.63. The van der Waals surface area contributed by atoms with E-state index in [9.17, 15) is 9.59 Å². The molecule has 3 rings (SSSR count). The highest BCUT2D eigenvalue weighted by molar-refractivity contribution is 6.04. The molecule has 0 fully saturated rings. The van der Waals surface area contributed by atoms with Crippen molar-refractivity contribution in [3.05, 3.63) is 83.4 Å². The molecule has 0 aliphatic carbocycles. The van der Waals surface area contributed by atoms with Gasteiger partial charge in [-0.05, 0) is 56.3 Å². The number of hydrogen-bond acceptors (Lipinski definition) is 5. The first-order valence-electron chi connectivity index (χ1n) is 8.01. The Balaban J connectivity index is 1.65. The van der Waals surface area contributed by atoms with E-state index in [1.165, 1.54) is 12.3 Å². The highest BCUT2D eigenvalue weighted by atomic mass is 16.5. The normalized spacial score (nSPS) is 10.2. The van der Waals surface area contributed by atoms with Gasteiger partial charge in [-0.1, -0.05) is 17.7 Å². The van der Waals surface area contributed by atoms with E-state index in [-0.39, 0.29) is 11.6 Å². The first kappa shape index (κ1) is 17.3. The van der Waals surface area contributed by atoms with Crippen LogP contribution < -0.4 is 10.1 Å². The van der Waals surface area contributed by atoms with Crippen molar-refractivity contribution in [1.82, 2.24) is 9.97 Å². The third-order valence-corrected chi connectivity index (χ3v) is 3.59. The second kappa shape index (κ2) is 7.57. The van der Waals surface area contributed by atoms with Crippen LogP contribution in [0.25, 0.3) is 0 Å². The third kappa shape index (κ3) is 4.30. The molecular formula is C20H17N3O3. The number of aryl methyl sites for hydroxylation is 2. The molecule has 6 heteroatoms. The van der Waals surface area contributed by atoms with Crippen molar-refractivity contribution in [3.8, 4) is 5.75 Å². The number of nitrogens with one attached hydrogen (secondary N) is 1. The van der Waals surface area contributed by atoms with E-state index in [1.54, 1.807) is 37.3 Å². The van der Waals surface area contributed by atoms with Gasteiger partial charge in [0, 0.05) is 17.4 Å². The van der Waals surface area contributed by atoms with Gasteiger partial charge in [0.25, 0.3) is 5.91 Å². The summed E-state index contributed by atoms with van der Waals surface area (Å²) in [5, 5.41) is 2.81. The Morgan fingerprint density at radius 2 is 1.77 bits per heavy atom. The summed E-state index contributed by atoms with van der Waals surface area (Å²) in [7, 11) is 0. The van der Waals surface area contributed by atoms with Gasteiger partial charge in [-0.2, -0.15) is 0 Å². The van der Waals surface area contributed by atoms with Crippen LogP contribution in [0.15, 0.2) is 60.8 Å². The number of rotatable bonds is 4. The van der Waals surface area contributed by atoms with Gasteiger partial charge in [0.05, 0.1) is 0 Å². The highest BCUT2D eigenvalue weighted by Crippen LogP contribution is 2.18. The number of carbonyl (C=O) groups is 2. The van der Waals surface area contributed by atoms with Crippen LogP contribution in [0.1, 0.15) is 32.2 Å². The van der Waals surface area contributed by atoms with Crippen LogP contribution in [-0.4, -0.2) is 21.8 Å². The van der Waals surface area contributed by atoms with E-state index in [0.29, 0.717) is 22.8 Å². The standard InChI is InChI=1S/C20H17N3O3/c1-13-4-3-5-15(12-13)19(24)23-16-6-8-17(9-7-16)26-20(25)18-10-11-21-14(2)22-18/h3-12H,1-2H3,(H,23,24). The summed E-state index contributed by atoms with van der Waals surface area (Å²) in [4.78, 5) is 32.3. The average Bonchev–Trinajstić information content (AvgIpc) is 2.63. The number of nitrogens with zero attached hydrogens (tertiary/aromatic N) is 2. The molecule has 0 unspecified atom stereocenters. The van der Waals surface area contributed by atoms with Gasteiger partial charge in [-0.25, -0.2) is 14.8 Å². The Hall–Kier alpha value is -3.54. The summed E-state index contributed by atoms with van der Waals surface area (Å²) < 4.78 is 5.27. The maximum absolute atomic E-state index is 12.2. The van der Waals surface area contributed by atoms with Crippen molar-refractivity contribution < 1.29 is 14.3 Å². The second-order valence-electron chi connectivity index (χ2n) is 5.73. The van der Waals surface area contributed by atoms with E-state index in [2.05, 4.69) is 15.3 Å². The van der Waals surface area contributed by atoms with Gasteiger partial charge in [-0.15, -0.1) is 0 Å². The third-order valence-electron chi connectivity index (χ3n) is 3.59. The minimum atomic E-state index is -0.563. The predicted molar refractivity (Wildman–Crippen MR) is 97.3 cm³/mol. The number of aromatic nitrogens is 2. The van der Waals surface area contributed by atoms with Crippen LogP contribution in [0.4, 0.5) is 5.69 Å². The molecule has 0 saturated carbocycles. The minimum absolute atomic E-state index is 0.189. The fraction of sp³-hybridized carbons (Fsp3) is 0.100. The summed E-state index contributed by atoms with van der Waals surface area (Å²) in [5.41, 5.74) is 2.39. The van der Waals surface area contributed by atoms with Gasteiger partial charge in [0.2, 0.25) is 0 Å². The molecule has 0 bridgehead atoms. The molecule has 0 atom stereocenters. The summed E-state index contributed by atoms with van der Waals surface area (Å²) in [6.07, 6.45) is 1.50. The Labute approximate surface area is 150 Å². The molecule has 2 aromatic carbocycles. The van der Waals surface area contributed by atoms with E-state index >= 15 is 0 Å². The van der Waals surface area contributed by atoms with Gasteiger partial charge in [0.1, 0.15) is 11.6 Å². The lowest BCUT2D eigenvalue weighted by atomic mass is 10.1. The fourth-order valence-corrected chi connectivity index (χ4v) is 2.33. The molecule has 1 aromatic heterocycles. The number of amides is 1. The van der Waals surface area contributed by atoms with Crippen molar-refractivity contribution in [2.24, 2.45) is 0 Å². The van der Waals surface area contributed by atoms with Crippen LogP contribution in [0.3, 0.4) is 0 Å². The van der Waals surface area contributed by atoms with Crippen LogP contribution >= 0.6 is 0 Å². The van der Waals surface area contributed by atoms with Gasteiger partial charge in [0.15, 0.2) is 5.69 Å². The quantitative estimate of drug-likeness (QED) is 0.576. The zero-order valence-electron chi connectivity index (χ0n) is 14.4. The number of esters is 1. The second-order valence-corrected chi connectivity index (χ2v) is 5.73. The van der Waals surface area contributed by atoms with Crippen LogP contribution in [0.5, 0.6) is 5.75 Å². The highest BCUT2D eigenvalue weighted by Gasteiger charge is 2.11.